The minimum Gasteiger partial charge on any atom is -0.377 e. The number of benzene rings is 2. The largest absolute Gasteiger partial charge is 0.377 e. The minimum absolute atomic E-state index is 0.0229. The highest BCUT2D eigenvalue weighted by Crippen LogP contribution is 2.20. The van der Waals surface area contributed by atoms with E-state index in [1.54, 1.807) is 0 Å². The molecular weight excluding hydrogens is 395 g/mol. The number of sulfonamides is 1. The third-order valence-corrected chi connectivity index (χ3v) is 5.82. The Hall–Kier alpha value is -2.00. The second-order valence-electron chi connectivity index (χ2n) is 6.10. The highest BCUT2D eigenvalue weighted by molar-refractivity contribution is 7.89. The highest BCUT2D eigenvalue weighted by Gasteiger charge is 2.21. The maximum atomic E-state index is 13.2. The van der Waals surface area contributed by atoms with Crippen LogP contribution in [0.2, 0.25) is 5.02 Å². The molecule has 1 atom stereocenters. The summed E-state index contributed by atoms with van der Waals surface area (Å²) in [5, 5.41) is 2.43. The van der Waals surface area contributed by atoms with Gasteiger partial charge < -0.3 is 10.1 Å². The lowest BCUT2D eigenvalue weighted by atomic mass is 10.2. The molecule has 1 aliphatic rings. The average molecular weight is 413 g/mol. The van der Waals surface area contributed by atoms with Crippen molar-refractivity contribution in [1.29, 1.82) is 0 Å². The number of nitrogens with one attached hydrogen (secondary N) is 2. The van der Waals surface area contributed by atoms with Crippen LogP contribution in [0.5, 0.6) is 0 Å². The van der Waals surface area contributed by atoms with Crippen LogP contribution in [0.3, 0.4) is 0 Å². The molecule has 0 aliphatic carbocycles. The van der Waals surface area contributed by atoms with Crippen molar-refractivity contribution >= 4 is 33.2 Å². The lowest BCUT2D eigenvalue weighted by molar-refractivity contribution is 0.102. The van der Waals surface area contributed by atoms with E-state index in [-0.39, 0.29) is 28.1 Å². The molecule has 0 radical (unpaired) electrons. The molecule has 144 valence electrons. The van der Waals surface area contributed by atoms with Crippen LogP contribution in [0.4, 0.5) is 10.1 Å². The van der Waals surface area contributed by atoms with E-state index in [9.17, 15) is 17.6 Å². The Balaban J connectivity index is 1.71. The zero-order valence-electron chi connectivity index (χ0n) is 14.2. The van der Waals surface area contributed by atoms with E-state index in [1.165, 1.54) is 36.4 Å². The van der Waals surface area contributed by atoms with Crippen LogP contribution in [0.1, 0.15) is 23.2 Å². The maximum Gasteiger partial charge on any atom is 0.255 e. The van der Waals surface area contributed by atoms with E-state index in [4.69, 9.17) is 16.3 Å². The van der Waals surface area contributed by atoms with E-state index in [2.05, 4.69) is 10.0 Å². The lowest BCUT2D eigenvalue weighted by Crippen LogP contribution is -2.32. The smallest absolute Gasteiger partial charge is 0.255 e. The fourth-order valence-electron chi connectivity index (χ4n) is 2.67. The predicted octanol–water partition coefficient (Wildman–Crippen LogP) is 3.19. The van der Waals surface area contributed by atoms with E-state index >= 15 is 0 Å². The van der Waals surface area contributed by atoms with E-state index in [0.29, 0.717) is 12.3 Å². The van der Waals surface area contributed by atoms with Crippen LogP contribution in [0, 0.1) is 5.82 Å². The van der Waals surface area contributed by atoms with Crippen LogP contribution in [0.25, 0.3) is 0 Å². The number of hydrogen-bond acceptors (Lipinski definition) is 4. The number of carbonyl (C=O) groups excluding carboxylic acids is 1. The Bertz CT molecular complexity index is 946. The van der Waals surface area contributed by atoms with Gasteiger partial charge in [0, 0.05) is 24.4 Å². The number of carbonyl (C=O) groups is 1. The second-order valence-corrected chi connectivity index (χ2v) is 8.27. The van der Waals surface area contributed by atoms with Gasteiger partial charge in [0.25, 0.3) is 5.91 Å². The minimum atomic E-state index is -3.77. The van der Waals surface area contributed by atoms with Crippen LogP contribution in [-0.4, -0.2) is 33.6 Å². The fourth-order valence-corrected chi connectivity index (χ4v) is 3.97. The molecule has 3 rings (SSSR count). The van der Waals surface area contributed by atoms with Gasteiger partial charge in [-0.25, -0.2) is 17.5 Å². The molecule has 0 saturated carbocycles. The van der Waals surface area contributed by atoms with Crippen LogP contribution in [0.15, 0.2) is 47.4 Å². The van der Waals surface area contributed by atoms with Gasteiger partial charge in [-0.15, -0.1) is 0 Å². The summed E-state index contributed by atoms with van der Waals surface area (Å²) >= 11 is 5.69. The highest BCUT2D eigenvalue weighted by atomic mass is 35.5. The normalized spacial score (nSPS) is 17.0. The van der Waals surface area contributed by atoms with Gasteiger partial charge in [0.2, 0.25) is 10.0 Å². The van der Waals surface area contributed by atoms with Gasteiger partial charge in [-0.2, -0.15) is 0 Å². The predicted molar refractivity (Wildman–Crippen MR) is 100.0 cm³/mol. The topological polar surface area (TPSA) is 84.5 Å². The number of ether oxygens (including phenoxy) is 1. The Kier molecular flexibility index (Phi) is 6.11. The molecule has 0 aromatic heterocycles. The summed E-state index contributed by atoms with van der Waals surface area (Å²) in [4.78, 5) is 12.4. The van der Waals surface area contributed by atoms with Crippen molar-refractivity contribution in [3.05, 3.63) is 58.9 Å². The first-order valence-corrected chi connectivity index (χ1v) is 10.2. The van der Waals surface area contributed by atoms with Crippen LogP contribution < -0.4 is 10.0 Å². The summed E-state index contributed by atoms with van der Waals surface area (Å²) in [5.74, 6) is -1.13. The van der Waals surface area contributed by atoms with Gasteiger partial charge in [0.1, 0.15) is 5.82 Å². The van der Waals surface area contributed by atoms with Gasteiger partial charge in [0.15, 0.2) is 0 Å². The monoisotopic (exact) mass is 412 g/mol. The van der Waals surface area contributed by atoms with Crippen molar-refractivity contribution in [1.82, 2.24) is 4.72 Å². The first kappa shape index (κ1) is 19.8. The second kappa shape index (κ2) is 8.35. The third kappa shape index (κ3) is 5.04. The molecule has 1 fully saturated rings. The number of amides is 1. The summed E-state index contributed by atoms with van der Waals surface area (Å²) in [6, 6.07) is 9.42. The summed E-state index contributed by atoms with van der Waals surface area (Å²) in [7, 11) is -3.77. The molecular formula is C18H18ClFN2O4S. The number of rotatable bonds is 6. The lowest BCUT2D eigenvalue weighted by Gasteiger charge is -2.12. The average Bonchev–Trinajstić information content (AvgIpc) is 3.17. The van der Waals surface area contributed by atoms with Crippen LogP contribution in [-0.2, 0) is 14.8 Å². The number of hydrogen-bond donors (Lipinski definition) is 2. The van der Waals surface area contributed by atoms with Crippen molar-refractivity contribution in [2.75, 3.05) is 18.5 Å². The molecule has 1 heterocycles. The zero-order valence-corrected chi connectivity index (χ0v) is 15.8. The molecule has 6 nitrogen and oxygen atoms in total. The molecule has 0 spiro atoms. The molecule has 1 aliphatic heterocycles. The summed E-state index contributed by atoms with van der Waals surface area (Å²) in [6.45, 7) is 0.822. The molecule has 1 unspecified atom stereocenters. The van der Waals surface area contributed by atoms with Gasteiger partial charge in [-0.1, -0.05) is 17.7 Å². The Morgan fingerprint density at radius 1 is 1.26 bits per heavy atom. The standard InChI is InChI=1S/C18H18ClFN2O4S/c19-16-10-13(6-7-17(16)20)22-18(23)12-3-1-5-15(9-12)27(24,25)21-11-14-4-2-8-26-14/h1,3,5-7,9-10,14,21H,2,4,8,11H2,(H,22,23). The Morgan fingerprint density at radius 2 is 2.07 bits per heavy atom. The first-order chi connectivity index (χ1) is 12.8. The van der Waals surface area contributed by atoms with E-state index in [0.717, 1.165) is 18.9 Å². The van der Waals surface area contributed by atoms with Crippen molar-refractivity contribution in [2.45, 2.75) is 23.8 Å². The summed E-state index contributed by atoms with van der Waals surface area (Å²) in [6.07, 6.45) is 1.59. The quantitative estimate of drug-likeness (QED) is 0.763. The maximum absolute atomic E-state index is 13.2. The number of anilines is 1. The molecule has 9 heteroatoms. The SMILES string of the molecule is O=C(Nc1ccc(F)c(Cl)c1)c1cccc(S(=O)(=O)NCC2CCCO2)c1. The fraction of sp³-hybridized carbons (Fsp3) is 0.278. The van der Waals surface area contributed by atoms with Crippen LogP contribution >= 0.6 is 11.6 Å². The van der Waals surface area contributed by atoms with E-state index < -0.39 is 21.7 Å². The van der Waals surface area contributed by atoms with Gasteiger partial charge in [-0.05, 0) is 49.2 Å². The molecule has 27 heavy (non-hydrogen) atoms. The molecule has 2 aromatic carbocycles. The van der Waals surface area contributed by atoms with Crippen molar-refractivity contribution in [3.63, 3.8) is 0 Å². The molecule has 1 saturated heterocycles. The van der Waals surface area contributed by atoms with Crippen molar-refractivity contribution in [3.8, 4) is 0 Å². The molecule has 0 bridgehead atoms. The Morgan fingerprint density at radius 3 is 2.78 bits per heavy atom. The van der Waals surface area contributed by atoms with Gasteiger partial charge in [-0.3, -0.25) is 4.79 Å². The third-order valence-electron chi connectivity index (χ3n) is 4.11. The first-order valence-electron chi connectivity index (χ1n) is 8.33. The van der Waals surface area contributed by atoms with Gasteiger partial charge in [0.05, 0.1) is 16.0 Å². The zero-order chi connectivity index (χ0) is 19.4. The van der Waals surface area contributed by atoms with Crippen molar-refractivity contribution < 1.29 is 22.3 Å². The Labute approximate surface area is 161 Å². The van der Waals surface area contributed by atoms with Crippen molar-refractivity contribution in [2.24, 2.45) is 0 Å². The molecule has 2 N–H and O–H groups in total. The summed E-state index contributed by atoms with van der Waals surface area (Å²) < 4.78 is 46.0. The van der Waals surface area contributed by atoms with Gasteiger partial charge >= 0.3 is 0 Å². The molecule has 2 aromatic rings. The summed E-state index contributed by atoms with van der Waals surface area (Å²) in [5.41, 5.74) is 0.451. The molecule has 1 amide bonds. The van der Waals surface area contributed by atoms with E-state index in [1.807, 2.05) is 0 Å². The number of halogens is 2.